The molecule has 13 nitrogen and oxygen atoms in total. The molecular weight excluding hydrogens is 749 g/mol. The number of fused-ring (bicyclic) bond motifs is 2. The number of carbonyl (C=O) groups is 6. The molecule has 4 atom stereocenters. The molecule has 0 radical (unpaired) electrons. The highest BCUT2D eigenvalue weighted by Gasteiger charge is 2.28. The molecule has 59 heavy (non-hydrogen) atoms. The number of nitrogens with one attached hydrogen (secondary N) is 5. The molecule has 0 bridgehead atoms. The number of carbonyl (C=O) groups excluding carboxylic acids is 6. The Morgan fingerprint density at radius 3 is 1.54 bits per heavy atom. The maximum Gasteiger partial charge on any atom is 0.255 e. The largest absolute Gasteiger partial charge is 0.344 e. The average molecular weight is 795 g/mol. The van der Waals surface area contributed by atoms with E-state index in [9.17, 15) is 33.6 Å². The predicted molar refractivity (Wildman–Crippen MR) is 225 cm³/mol. The summed E-state index contributed by atoms with van der Waals surface area (Å²) in [6.07, 6.45) is 5.67. The molecule has 2 heterocycles. The van der Waals surface area contributed by atoms with E-state index in [4.69, 9.17) is 0 Å². The van der Waals surface area contributed by atoms with Gasteiger partial charge in [0.1, 0.15) is 12.1 Å². The van der Waals surface area contributed by atoms with Gasteiger partial charge in [0.15, 0.2) is 11.6 Å². The van der Waals surface area contributed by atoms with Gasteiger partial charge in [0, 0.05) is 43.2 Å². The van der Waals surface area contributed by atoms with Crippen LogP contribution in [0.4, 0.5) is 0 Å². The van der Waals surface area contributed by atoms with Crippen molar-refractivity contribution in [2.45, 2.75) is 64.7 Å². The molecule has 0 saturated heterocycles. The fourth-order valence-corrected chi connectivity index (χ4v) is 6.47. The predicted octanol–water partition coefficient (Wildman–Crippen LogP) is 4.75. The lowest BCUT2D eigenvalue weighted by atomic mass is 9.99. The number of hydrogen-bond acceptors (Lipinski definition) is 8. The van der Waals surface area contributed by atoms with Crippen molar-refractivity contribution in [3.8, 4) is 0 Å². The van der Waals surface area contributed by atoms with E-state index < -0.39 is 41.9 Å². The fraction of sp³-hybridized carbons (Fsp3) is 0.217. The van der Waals surface area contributed by atoms with Crippen LogP contribution in [0.3, 0.4) is 0 Å². The molecule has 6 aromatic rings. The standard InChI is InChI=1S/C23H23N3O4.C23H23N3O3/c1-14(27)20(12-16-6-4-3-5-7-16)26-23(30)21(25-15(2)28)18-9-8-17-10-11-24-22(29)19(17)13-18;1-15(27)21(12-17-6-4-3-5-7-17)26-23(29)22(25-16(2)28)19-9-8-18-10-11-24-14-20(18)13-19/h3-11,13,20-21H,12H2,1-2H3,(H,24,29)(H,25,28)(H,26,30);3-11,13-14,21-22H,12H2,1-2H3,(H,25,28)(H,26,29). The number of H-pyrrole nitrogens is 1. The minimum atomic E-state index is -1.04. The van der Waals surface area contributed by atoms with Crippen molar-refractivity contribution in [1.82, 2.24) is 31.2 Å². The molecular formula is C46H46N6O7. The van der Waals surface area contributed by atoms with Crippen LogP contribution in [-0.2, 0) is 41.6 Å². The molecule has 0 spiro atoms. The van der Waals surface area contributed by atoms with Gasteiger partial charge >= 0.3 is 0 Å². The van der Waals surface area contributed by atoms with E-state index in [1.54, 1.807) is 48.9 Å². The highest BCUT2D eigenvalue weighted by Crippen LogP contribution is 2.22. The van der Waals surface area contributed by atoms with Gasteiger partial charge in [-0.25, -0.2) is 0 Å². The molecule has 5 N–H and O–H groups in total. The Labute approximate surface area is 341 Å². The molecule has 2 aromatic heterocycles. The van der Waals surface area contributed by atoms with E-state index in [1.165, 1.54) is 27.7 Å². The van der Waals surface area contributed by atoms with Crippen LogP contribution in [0, 0.1) is 0 Å². The lowest BCUT2D eigenvalue weighted by Gasteiger charge is -2.22. The van der Waals surface area contributed by atoms with Gasteiger partial charge in [-0.1, -0.05) is 84.9 Å². The molecule has 0 fully saturated rings. The Kier molecular flexibility index (Phi) is 14.7. The first-order chi connectivity index (χ1) is 28.3. The molecule has 4 amide bonds. The number of aromatic nitrogens is 2. The topological polar surface area (TPSA) is 196 Å². The van der Waals surface area contributed by atoms with Crippen molar-refractivity contribution in [3.63, 3.8) is 0 Å². The number of hydrogen-bond donors (Lipinski definition) is 5. The van der Waals surface area contributed by atoms with E-state index in [-0.39, 0.29) is 23.0 Å². The molecule has 0 aliphatic rings. The number of pyridine rings is 2. The average Bonchev–Trinajstić information content (AvgIpc) is 3.22. The minimum absolute atomic E-state index is 0.147. The van der Waals surface area contributed by atoms with Gasteiger partial charge in [-0.3, -0.25) is 38.5 Å². The summed E-state index contributed by atoms with van der Waals surface area (Å²) in [4.78, 5) is 92.6. The molecule has 0 saturated carbocycles. The van der Waals surface area contributed by atoms with Crippen molar-refractivity contribution >= 4 is 56.7 Å². The van der Waals surface area contributed by atoms with Crippen LogP contribution >= 0.6 is 0 Å². The number of aromatic amines is 1. The van der Waals surface area contributed by atoms with Gasteiger partial charge in [0.2, 0.25) is 23.6 Å². The zero-order chi connectivity index (χ0) is 42.5. The maximum atomic E-state index is 13.0. The summed E-state index contributed by atoms with van der Waals surface area (Å²) in [5, 5.41) is 13.8. The Bertz CT molecular complexity index is 2520. The lowest BCUT2D eigenvalue weighted by Crippen LogP contribution is -2.47. The van der Waals surface area contributed by atoms with E-state index in [1.807, 2.05) is 78.9 Å². The van der Waals surface area contributed by atoms with E-state index in [0.717, 1.165) is 27.3 Å². The lowest BCUT2D eigenvalue weighted by molar-refractivity contribution is -0.130. The van der Waals surface area contributed by atoms with Gasteiger partial charge in [-0.15, -0.1) is 0 Å². The molecule has 0 aliphatic carbocycles. The van der Waals surface area contributed by atoms with E-state index >= 15 is 0 Å². The van der Waals surface area contributed by atoms with Crippen LogP contribution in [0.5, 0.6) is 0 Å². The summed E-state index contributed by atoms with van der Waals surface area (Å²) < 4.78 is 0. The number of Topliss-reactive ketones (excluding diaryl/α,β-unsaturated/α-hetero) is 2. The third-order valence-corrected chi connectivity index (χ3v) is 9.53. The van der Waals surface area contributed by atoms with Crippen molar-refractivity contribution in [3.05, 3.63) is 160 Å². The van der Waals surface area contributed by atoms with Crippen LogP contribution in [0.1, 0.15) is 62.0 Å². The highest BCUT2D eigenvalue weighted by molar-refractivity contribution is 5.95. The molecule has 302 valence electrons. The maximum absolute atomic E-state index is 13.0. The van der Waals surface area contributed by atoms with Gasteiger partial charge in [-0.2, -0.15) is 0 Å². The quantitative estimate of drug-likeness (QED) is 0.104. The Balaban J connectivity index is 0.000000224. The third kappa shape index (κ3) is 12.1. The van der Waals surface area contributed by atoms with E-state index in [0.29, 0.717) is 29.4 Å². The summed E-state index contributed by atoms with van der Waals surface area (Å²) in [6.45, 7) is 5.52. The first-order valence-electron chi connectivity index (χ1n) is 19.0. The van der Waals surface area contributed by atoms with Gasteiger partial charge in [0.25, 0.3) is 5.56 Å². The Morgan fingerprint density at radius 2 is 1.05 bits per heavy atom. The van der Waals surface area contributed by atoms with E-state index in [2.05, 4.69) is 31.2 Å². The number of nitrogens with zero attached hydrogens (tertiary/aromatic N) is 1. The van der Waals surface area contributed by atoms with Gasteiger partial charge in [0.05, 0.1) is 12.1 Å². The highest BCUT2D eigenvalue weighted by atomic mass is 16.2. The third-order valence-electron chi connectivity index (χ3n) is 9.53. The second-order valence-corrected chi connectivity index (χ2v) is 14.1. The summed E-state index contributed by atoms with van der Waals surface area (Å²) in [7, 11) is 0. The number of amides is 4. The molecule has 4 aromatic carbocycles. The first kappa shape index (κ1) is 42.9. The van der Waals surface area contributed by atoms with Crippen LogP contribution in [0.2, 0.25) is 0 Å². The zero-order valence-corrected chi connectivity index (χ0v) is 33.2. The monoisotopic (exact) mass is 794 g/mol. The van der Waals surface area contributed by atoms with Crippen LogP contribution in [-0.4, -0.2) is 57.2 Å². The number of rotatable bonds is 14. The van der Waals surface area contributed by atoms with Crippen molar-refractivity contribution < 1.29 is 28.8 Å². The SMILES string of the molecule is CC(=O)NC(C(=O)NC(Cc1ccccc1)C(C)=O)c1ccc2cc[nH]c(=O)c2c1.CC(=O)NC(C(=O)NC(Cc1ccccc1)C(C)=O)c1ccc2ccncc2c1. The summed E-state index contributed by atoms with van der Waals surface area (Å²) >= 11 is 0. The first-order valence-corrected chi connectivity index (χ1v) is 19.0. The summed E-state index contributed by atoms with van der Waals surface area (Å²) in [5.74, 6) is -2.03. The van der Waals surface area contributed by atoms with Crippen LogP contribution < -0.4 is 26.8 Å². The van der Waals surface area contributed by atoms with Crippen molar-refractivity contribution in [2.24, 2.45) is 0 Å². The Morgan fingerprint density at radius 1 is 0.559 bits per heavy atom. The zero-order valence-electron chi connectivity index (χ0n) is 33.2. The summed E-state index contributed by atoms with van der Waals surface area (Å²) in [6, 6.07) is 29.6. The van der Waals surface area contributed by atoms with Crippen LogP contribution in [0.15, 0.2) is 133 Å². The molecule has 4 unspecified atom stereocenters. The second-order valence-electron chi connectivity index (χ2n) is 14.1. The van der Waals surface area contributed by atoms with Crippen molar-refractivity contribution in [1.29, 1.82) is 0 Å². The van der Waals surface area contributed by atoms with Crippen molar-refractivity contribution in [2.75, 3.05) is 0 Å². The molecule has 6 rings (SSSR count). The molecule has 13 heteroatoms. The normalized spacial score (nSPS) is 12.7. The van der Waals surface area contributed by atoms with Crippen LogP contribution in [0.25, 0.3) is 21.5 Å². The number of ketones is 2. The molecule has 0 aliphatic heterocycles. The van der Waals surface area contributed by atoms with Gasteiger partial charge in [-0.05, 0) is 84.0 Å². The van der Waals surface area contributed by atoms with Gasteiger partial charge < -0.3 is 26.3 Å². The number of benzene rings is 4. The smallest absolute Gasteiger partial charge is 0.255 e. The second kappa shape index (κ2) is 20.2. The Hall–Kier alpha value is -7.28. The summed E-state index contributed by atoms with van der Waals surface area (Å²) in [5.41, 5.74) is 2.64. The fourth-order valence-electron chi connectivity index (χ4n) is 6.47. The minimum Gasteiger partial charge on any atom is -0.344 e.